The van der Waals surface area contributed by atoms with Crippen LogP contribution in [0.4, 0.5) is 0 Å². The van der Waals surface area contributed by atoms with Crippen LogP contribution in [0.1, 0.15) is 17.5 Å². The zero-order valence-electron chi connectivity index (χ0n) is 10.8. The van der Waals surface area contributed by atoms with Crippen molar-refractivity contribution < 1.29 is 17.6 Å². The Hall–Kier alpha value is -1.05. The highest BCUT2D eigenvalue weighted by atomic mass is 35.5. The lowest BCUT2D eigenvalue weighted by atomic mass is 10.2. The van der Waals surface area contributed by atoms with Gasteiger partial charge in [0.25, 0.3) is 5.91 Å². The molecule has 0 aliphatic carbocycles. The van der Waals surface area contributed by atoms with E-state index >= 15 is 0 Å². The number of carbonyl (C=O) groups excluding carboxylic acids is 1. The molecule has 0 radical (unpaired) electrons. The van der Waals surface area contributed by atoms with E-state index in [1.807, 2.05) is 6.92 Å². The van der Waals surface area contributed by atoms with Gasteiger partial charge in [-0.3, -0.25) is 4.79 Å². The third-order valence-electron chi connectivity index (χ3n) is 2.92. The summed E-state index contributed by atoms with van der Waals surface area (Å²) in [4.78, 5) is 13.8. The van der Waals surface area contributed by atoms with Gasteiger partial charge < -0.3 is 14.6 Å². The van der Waals surface area contributed by atoms with Crippen LogP contribution in [-0.4, -0.2) is 51.2 Å². The molecule has 0 bridgehead atoms. The summed E-state index contributed by atoms with van der Waals surface area (Å²) in [5.41, 5.74) is 0. The summed E-state index contributed by atoms with van der Waals surface area (Å²) in [5, 5.41) is 3.01. The number of amides is 1. The zero-order valence-corrected chi connectivity index (χ0v) is 12.4. The minimum atomic E-state index is -3.41. The third kappa shape index (κ3) is 3.49. The lowest BCUT2D eigenvalue weighted by Gasteiger charge is -2.33. The van der Waals surface area contributed by atoms with Crippen LogP contribution in [0.15, 0.2) is 21.6 Å². The van der Waals surface area contributed by atoms with Crippen LogP contribution in [0.2, 0.25) is 0 Å². The zero-order chi connectivity index (χ0) is 13.3. The van der Waals surface area contributed by atoms with E-state index in [-0.39, 0.29) is 35.2 Å². The summed E-state index contributed by atoms with van der Waals surface area (Å²) in [6.45, 7) is 3.99. The van der Waals surface area contributed by atoms with Crippen molar-refractivity contribution in [2.24, 2.45) is 0 Å². The second-order valence-corrected chi connectivity index (χ2v) is 6.39. The van der Waals surface area contributed by atoms with Crippen LogP contribution in [0, 0.1) is 0 Å². The minimum absolute atomic E-state index is 0. The molecule has 1 fully saturated rings. The second-order valence-electron chi connectivity index (χ2n) is 4.44. The number of sulfone groups is 1. The maximum absolute atomic E-state index is 12.2. The first-order valence-corrected chi connectivity index (χ1v) is 7.60. The van der Waals surface area contributed by atoms with Gasteiger partial charge in [0.1, 0.15) is 0 Å². The van der Waals surface area contributed by atoms with Gasteiger partial charge in [0.2, 0.25) is 14.9 Å². The molecule has 0 saturated carbocycles. The van der Waals surface area contributed by atoms with Gasteiger partial charge >= 0.3 is 0 Å². The van der Waals surface area contributed by atoms with Crippen LogP contribution in [0.3, 0.4) is 0 Å². The summed E-state index contributed by atoms with van der Waals surface area (Å²) < 4.78 is 27.7. The van der Waals surface area contributed by atoms with E-state index in [0.29, 0.717) is 6.54 Å². The Labute approximate surface area is 118 Å². The number of hydrogen-bond donors (Lipinski definition) is 1. The van der Waals surface area contributed by atoms with Crippen LogP contribution in [-0.2, 0) is 9.84 Å². The predicted octanol–water partition coefficient (Wildman–Crippen LogP) is 0.539. The van der Waals surface area contributed by atoms with Crippen molar-refractivity contribution >= 4 is 28.2 Å². The largest absolute Gasteiger partial charge is 0.440 e. The van der Waals surface area contributed by atoms with Crippen LogP contribution < -0.4 is 5.32 Å². The normalized spacial score (nSPS) is 19.9. The number of furan rings is 1. The smallest absolute Gasteiger partial charge is 0.289 e. The van der Waals surface area contributed by atoms with Gasteiger partial charge in [-0.05, 0) is 19.1 Å². The molecule has 108 valence electrons. The van der Waals surface area contributed by atoms with Gasteiger partial charge in [0.05, 0.1) is 0 Å². The van der Waals surface area contributed by atoms with E-state index in [1.165, 1.54) is 12.1 Å². The van der Waals surface area contributed by atoms with Crippen LogP contribution in [0.25, 0.3) is 0 Å². The quantitative estimate of drug-likeness (QED) is 0.862. The van der Waals surface area contributed by atoms with E-state index in [0.717, 1.165) is 19.3 Å². The number of hydrogen-bond acceptors (Lipinski definition) is 5. The predicted molar refractivity (Wildman–Crippen MR) is 72.4 cm³/mol. The molecule has 0 unspecified atom stereocenters. The fourth-order valence-corrected chi connectivity index (χ4v) is 2.48. The Bertz CT molecular complexity index is 555. The number of nitrogens with one attached hydrogen (secondary N) is 1. The first kappa shape index (κ1) is 16.0. The molecule has 2 heterocycles. The number of carbonyl (C=O) groups is 1. The van der Waals surface area contributed by atoms with Crippen molar-refractivity contribution in [3.05, 3.63) is 17.9 Å². The molecule has 2 rings (SSSR count). The lowest BCUT2D eigenvalue weighted by molar-refractivity contribution is 0.0617. The molecule has 1 amide bonds. The molecular formula is C11H17ClN2O4S. The van der Waals surface area contributed by atoms with Gasteiger partial charge in [-0.1, -0.05) is 0 Å². The Balaban J connectivity index is 0.00000180. The Kier molecular flexibility index (Phi) is 5.00. The molecular weight excluding hydrogens is 292 g/mol. The van der Waals surface area contributed by atoms with Gasteiger partial charge in [-0.15, -0.1) is 12.4 Å². The molecule has 0 spiro atoms. The fraction of sp³-hybridized carbons (Fsp3) is 0.545. The average Bonchev–Trinajstić information content (AvgIpc) is 2.77. The molecule has 8 heteroatoms. The maximum atomic E-state index is 12.2. The Morgan fingerprint density at radius 3 is 2.68 bits per heavy atom. The average molecular weight is 309 g/mol. The Morgan fingerprint density at radius 2 is 2.16 bits per heavy atom. The van der Waals surface area contributed by atoms with E-state index in [2.05, 4.69) is 5.32 Å². The van der Waals surface area contributed by atoms with Crippen molar-refractivity contribution in [2.45, 2.75) is 18.1 Å². The van der Waals surface area contributed by atoms with Gasteiger partial charge in [-0.25, -0.2) is 8.42 Å². The molecule has 1 aliphatic heterocycles. The Morgan fingerprint density at radius 1 is 1.47 bits per heavy atom. The summed E-state index contributed by atoms with van der Waals surface area (Å²) in [6.07, 6.45) is 1.05. The van der Waals surface area contributed by atoms with Crippen molar-refractivity contribution in [1.29, 1.82) is 0 Å². The van der Waals surface area contributed by atoms with Crippen LogP contribution in [0.5, 0.6) is 0 Å². The summed E-state index contributed by atoms with van der Waals surface area (Å²) in [7, 11) is -3.41. The lowest BCUT2D eigenvalue weighted by Crippen LogP contribution is -2.52. The maximum Gasteiger partial charge on any atom is 0.289 e. The highest BCUT2D eigenvalue weighted by Gasteiger charge is 2.27. The topological polar surface area (TPSA) is 79.6 Å². The number of halogens is 1. The van der Waals surface area contributed by atoms with Gasteiger partial charge in [0.15, 0.2) is 5.76 Å². The van der Waals surface area contributed by atoms with Crippen molar-refractivity contribution in [2.75, 3.05) is 25.9 Å². The highest BCUT2D eigenvalue weighted by Crippen LogP contribution is 2.17. The minimum Gasteiger partial charge on any atom is -0.440 e. The van der Waals surface area contributed by atoms with E-state index in [1.54, 1.807) is 4.90 Å². The number of nitrogens with zero attached hydrogens (tertiary/aromatic N) is 1. The molecule has 1 aromatic heterocycles. The molecule has 1 saturated heterocycles. The molecule has 6 nitrogen and oxygen atoms in total. The SMILES string of the molecule is C[C@H]1CNCCN1C(=O)c1ccc(S(C)(=O)=O)o1.Cl. The molecule has 1 aromatic rings. The first-order chi connectivity index (χ1) is 8.39. The number of rotatable bonds is 2. The van der Waals surface area contributed by atoms with Crippen molar-refractivity contribution in [3.8, 4) is 0 Å². The third-order valence-corrected chi connectivity index (χ3v) is 3.87. The number of piperazine rings is 1. The fourth-order valence-electron chi connectivity index (χ4n) is 1.92. The summed E-state index contributed by atoms with van der Waals surface area (Å²) in [6, 6.07) is 2.79. The molecule has 0 aromatic carbocycles. The summed E-state index contributed by atoms with van der Waals surface area (Å²) >= 11 is 0. The molecule has 1 aliphatic rings. The van der Waals surface area contributed by atoms with E-state index in [9.17, 15) is 13.2 Å². The van der Waals surface area contributed by atoms with Gasteiger partial charge in [0, 0.05) is 31.9 Å². The monoisotopic (exact) mass is 308 g/mol. The van der Waals surface area contributed by atoms with E-state index < -0.39 is 9.84 Å². The first-order valence-electron chi connectivity index (χ1n) is 5.71. The second kappa shape index (κ2) is 5.94. The van der Waals surface area contributed by atoms with Crippen molar-refractivity contribution in [1.82, 2.24) is 10.2 Å². The highest BCUT2D eigenvalue weighted by molar-refractivity contribution is 7.90. The summed E-state index contributed by atoms with van der Waals surface area (Å²) in [5.74, 6) is -0.192. The molecule has 1 atom stereocenters. The molecule has 1 N–H and O–H groups in total. The van der Waals surface area contributed by atoms with Crippen molar-refractivity contribution in [3.63, 3.8) is 0 Å². The van der Waals surface area contributed by atoms with Crippen LogP contribution >= 0.6 is 12.4 Å². The van der Waals surface area contributed by atoms with E-state index in [4.69, 9.17) is 4.42 Å². The molecule has 19 heavy (non-hydrogen) atoms. The van der Waals surface area contributed by atoms with Gasteiger partial charge in [-0.2, -0.15) is 0 Å². The standard InChI is InChI=1S/C11H16N2O4S.ClH/c1-8-7-12-5-6-13(8)11(14)9-3-4-10(17-9)18(2,15)16;/h3-4,8,12H,5-7H2,1-2H3;1H/t8-;/m0./s1.